The fraction of sp³-hybridized carbons (Fsp3) is 0.385. The van der Waals surface area contributed by atoms with E-state index in [0.29, 0.717) is 17.5 Å². The first-order chi connectivity index (χ1) is 8.58. The summed E-state index contributed by atoms with van der Waals surface area (Å²) >= 11 is 0. The summed E-state index contributed by atoms with van der Waals surface area (Å²) in [5.74, 6) is -0.991. The number of aliphatic hydroxyl groups is 1. The summed E-state index contributed by atoms with van der Waals surface area (Å²) < 4.78 is 9.44. The predicted octanol–water partition coefficient (Wildman–Crippen LogP) is 1.40. The zero-order valence-corrected chi connectivity index (χ0v) is 10.4. The van der Waals surface area contributed by atoms with Crippen LogP contribution in [0, 0.1) is 0 Å². The van der Waals surface area contributed by atoms with Crippen molar-refractivity contribution in [2.75, 3.05) is 13.7 Å². The molecule has 18 heavy (non-hydrogen) atoms. The standard InChI is InChI=1S/C13H16O5/c1-3-11(14)8-18-13(16)10-6-4-9(5-7-10)12(15)17-2/h4-7,11,14H,3,8H2,1-2H3. The van der Waals surface area contributed by atoms with Crippen molar-refractivity contribution in [3.05, 3.63) is 35.4 Å². The zero-order valence-electron chi connectivity index (χ0n) is 10.4. The van der Waals surface area contributed by atoms with Crippen molar-refractivity contribution in [1.29, 1.82) is 0 Å². The van der Waals surface area contributed by atoms with E-state index in [9.17, 15) is 14.7 Å². The molecule has 1 unspecified atom stereocenters. The van der Waals surface area contributed by atoms with Crippen molar-refractivity contribution >= 4 is 11.9 Å². The van der Waals surface area contributed by atoms with Crippen LogP contribution in [0.1, 0.15) is 34.1 Å². The molecule has 1 aromatic carbocycles. The van der Waals surface area contributed by atoms with Gasteiger partial charge >= 0.3 is 11.9 Å². The van der Waals surface area contributed by atoms with Crippen molar-refractivity contribution < 1.29 is 24.2 Å². The van der Waals surface area contributed by atoms with E-state index in [4.69, 9.17) is 4.74 Å². The Morgan fingerprint density at radius 3 is 2.11 bits per heavy atom. The molecule has 5 nitrogen and oxygen atoms in total. The largest absolute Gasteiger partial charge is 0.465 e. The number of carbonyl (C=O) groups excluding carboxylic acids is 2. The highest BCUT2D eigenvalue weighted by molar-refractivity contribution is 5.93. The van der Waals surface area contributed by atoms with Crippen LogP contribution in [0.3, 0.4) is 0 Å². The first-order valence-electron chi connectivity index (χ1n) is 5.62. The van der Waals surface area contributed by atoms with Gasteiger partial charge in [0.15, 0.2) is 0 Å². The lowest BCUT2D eigenvalue weighted by atomic mass is 10.1. The SMILES string of the molecule is CCC(O)COC(=O)c1ccc(C(=O)OC)cc1. The minimum Gasteiger partial charge on any atom is -0.465 e. The molecule has 0 bridgehead atoms. The van der Waals surface area contributed by atoms with Gasteiger partial charge < -0.3 is 14.6 Å². The van der Waals surface area contributed by atoms with Gasteiger partial charge in [-0.05, 0) is 30.7 Å². The number of methoxy groups -OCH3 is 1. The molecule has 0 radical (unpaired) electrons. The highest BCUT2D eigenvalue weighted by atomic mass is 16.5. The van der Waals surface area contributed by atoms with E-state index in [1.165, 1.54) is 31.4 Å². The number of esters is 2. The van der Waals surface area contributed by atoms with Crippen LogP contribution in [0.5, 0.6) is 0 Å². The number of hydrogen-bond donors (Lipinski definition) is 1. The number of benzene rings is 1. The molecule has 1 N–H and O–H groups in total. The van der Waals surface area contributed by atoms with E-state index in [1.807, 2.05) is 0 Å². The van der Waals surface area contributed by atoms with Crippen molar-refractivity contribution in [2.24, 2.45) is 0 Å². The van der Waals surface area contributed by atoms with Gasteiger partial charge in [-0.15, -0.1) is 0 Å². The predicted molar refractivity (Wildman–Crippen MR) is 64.4 cm³/mol. The second-order valence-electron chi connectivity index (χ2n) is 3.73. The molecule has 0 heterocycles. The second kappa shape index (κ2) is 6.76. The second-order valence-corrected chi connectivity index (χ2v) is 3.73. The van der Waals surface area contributed by atoms with Gasteiger partial charge in [-0.1, -0.05) is 6.92 Å². The van der Waals surface area contributed by atoms with Crippen LogP contribution in [-0.2, 0) is 9.47 Å². The molecule has 0 aliphatic rings. The van der Waals surface area contributed by atoms with Crippen molar-refractivity contribution in [2.45, 2.75) is 19.4 Å². The quantitative estimate of drug-likeness (QED) is 0.802. The number of rotatable bonds is 5. The maximum absolute atomic E-state index is 11.6. The smallest absolute Gasteiger partial charge is 0.338 e. The summed E-state index contributed by atoms with van der Waals surface area (Å²) in [5, 5.41) is 9.26. The van der Waals surface area contributed by atoms with Crippen LogP contribution in [0.4, 0.5) is 0 Å². The molecular formula is C13H16O5. The van der Waals surface area contributed by atoms with Crippen LogP contribution in [0.2, 0.25) is 0 Å². The lowest BCUT2D eigenvalue weighted by Crippen LogP contribution is -2.17. The Hall–Kier alpha value is -1.88. The van der Waals surface area contributed by atoms with Gasteiger partial charge in [0.25, 0.3) is 0 Å². The summed E-state index contributed by atoms with van der Waals surface area (Å²) in [6, 6.07) is 5.93. The monoisotopic (exact) mass is 252 g/mol. The van der Waals surface area contributed by atoms with E-state index in [1.54, 1.807) is 6.92 Å². The number of hydrogen-bond acceptors (Lipinski definition) is 5. The van der Waals surface area contributed by atoms with Crippen LogP contribution >= 0.6 is 0 Å². The van der Waals surface area contributed by atoms with E-state index >= 15 is 0 Å². The van der Waals surface area contributed by atoms with E-state index in [0.717, 1.165) is 0 Å². The molecule has 0 aromatic heterocycles. The van der Waals surface area contributed by atoms with Gasteiger partial charge in [-0.2, -0.15) is 0 Å². The van der Waals surface area contributed by atoms with E-state index in [2.05, 4.69) is 4.74 Å². The van der Waals surface area contributed by atoms with Crippen LogP contribution in [0.15, 0.2) is 24.3 Å². The van der Waals surface area contributed by atoms with Gasteiger partial charge in [0, 0.05) is 0 Å². The van der Waals surface area contributed by atoms with E-state index in [-0.39, 0.29) is 6.61 Å². The van der Waals surface area contributed by atoms with Crippen LogP contribution in [-0.4, -0.2) is 36.9 Å². The molecule has 5 heteroatoms. The summed E-state index contributed by atoms with van der Waals surface area (Å²) in [6.07, 6.45) is -0.127. The highest BCUT2D eigenvalue weighted by Gasteiger charge is 2.11. The normalized spacial score (nSPS) is 11.7. The summed E-state index contributed by atoms with van der Waals surface area (Å²) in [4.78, 5) is 22.7. The molecule has 0 fully saturated rings. The molecule has 1 atom stereocenters. The molecule has 0 saturated heterocycles. The number of carbonyl (C=O) groups is 2. The van der Waals surface area contributed by atoms with Gasteiger partial charge in [0.05, 0.1) is 24.3 Å². The third-order valence-electron chi connectivity index (χ3n) is 2.42. The molecule has 1 aromatic rings. The number of ether oxygens (including phenoxy) is 2. The Morgan fingerprint density at radius 2 is 1.67 bits per heavy atom. The number of aliphatic hydroxyl groups excluding tert-OH is 1. The first kappa shape index (κ1) is 14.2. The van der Waals surface area contributed by atoms with E-state index < -0.39 is 18.0 Å². The Morgan fingerprint density at radius 1 is 1.17 bits per heavy atom. The molecule has 1 rings (SSSR count). The lowest BCUT2D eigenvalue weighted by molar-refractivity contribution is 0.0250. The van der Waals surface area contributed by atoms with Crippen LogP contribution in [0.25, 0.3) is 0 Å². The molecule has 0 aliphatic carbocycles. The Bertz CT molecular complexity index is 410. The van der Waals surface area contributed by atoms with Gasteiger partial charge in [-0.25, -0.2) is 9.59 Å². The molecule has 0 saturated carbocycles. The summed E-state index contributed by atoms with van der Waals surface area (Å²) in [5.41, 5.74) is 0.689. The molecular weight excluding hydrogens is 236 g/mol. The first-order valence-corrected chi connectivity index (χ1v) is 5.62. The topological polar surface area (TPSA) is 72.8 Å². The minimum atomic E-state index is -0.650. The maximum atomic E-state index is 11.6. The molecule has 98 valence electrons. The Kier molecular flexibility index (Phi) is 5.32. The summed E-state index contributed by atoms with van der Waals surface area (Å²) in [6.45, 7) is 1.76. The zero-order chi connectivity index (χ0) is 13.5. The Labute approximate surface area is 105 Å². The third-order valence-corrected chi connectivity index (χ3v) is 2.42. The minimum absolute atomic E-state index is 0.0336. The van der Waals surface area contributed by atoms with Crippen molar-refractivity contribution in [3.63, 3.8) is 0 Å². The fourth-order valence-electron chi connectivity index (χ4n) is 1.23. The van der Waals surface area contributed by atoms with Crippen molar-refractivity contribution in [3.8, 4) is 0 Å². The third kappa shape index (κ3) is 3.85. The average Bonchev–Trinajstić information content (AvgIpc) is 2.43. The summed E-state index contributed by atoms with van der Waals surface area (Å²) in [7, 11) is 1.29. The molecule has 0 amide bonds. The highest BCUT2D eigenvalue weighted by Crippen LogP contribution is 2.07. The van der Waals surface area contributed by atoms with Crippen LogP contribution < -0.4 is 0 Å². The Balaban J connectivity index is 2.62. The lowest BCUT2D eigenvalue weighted by Gasteiger charge is -2.09. The molecule has 0 spiro atoms. The molecule has 0 aliphatic heterocycles. The fourth-order valence-corrected chi connectivity index (χ4v) is 1.23. The van der Waals surface area contributed by atoms with Gasteiger partial charge in [0.1, 0.15) is 6.61 Å². The van der Waals surface area contributed by atoms with Crippen molar-refractivity contribution in [1.82, 2.24) is 0 Å². The average molecular weight is 252 g/mol. The van der Waals surface area contributed by atoms with Gasteiger partial charge in [0.2, 0.25) is 0 Å². The van der Waals surface area contributed by atoms with Gasteiger partial charge in [-0.3, -0.25) is 0 Å². The maximum Gasteiger partial charge on any atom is 0.338 e.